The van der Waals surface area contributed by atoms with Crippen molar-refractivity contribution >= 4 is 28.6 Å². The van der Waals surface area contributed by atoms with E-state index in [2.05, 4.69) is 10.3 Å². The number of nitrogens with one attached hydrogen (secondary N) is 1. The van der Waals surface area contributed by atoms with E-state index < -0.39 is 11.7 Å². The molecule has 0 aliphatic heterocycles. The topological polar surface area (TPSA) is 86.1 Å². The number of ether oxygens (including phenoxy) is 1. The molecule has 1 aromatic carbocycles. The number of halogens is 1. The Morgan fingerprint density at radius 1 is 1.29 bits per heavy atom. The smallest absolute Gasteiger partial charge is 0.407 e. The summed E-state index contributed by atoms with van der Waals surface area (Å²) in [7, 11) is 0. The van der Waals surface area contributed by atoms with Gasteiger partial charge in [-0.05, 0) is 63.3 Å². The van der Waals surface area contributed by atoms with E-state index in [0.29, 0.717) is 39.8 Å². The predicted octanol–water partition coefficient (Wildman–Crippen LogP) is 4.38. The molecular formula is C23H25ClN4O3. The number of rotatable bonds is 5. The van der Waals surface area contributed by atoms with E-state index in [4.69, 9.17) is 21.3 Å². The fourth-order valence-corrected chi connectivity index (χ4v) is 3.72. The van der Waals surface area contributed by atoms with E-state index >= 15 is 0 Å². The molecule has 3 aromatic rings. The highest BCUT2D eigenvalue weighted by Gasteiger charge is 2.25. The summed E-state index contributed by atoms with van der Waals surface area (Å²) in [6, 6.07) is 7.19. The van der Waals surface area contributed by atoms with Crippen molar-refractivity contribution in [2.75, 3.05) is 6.54 Å². The fraction of sp³-hybridized carbons (Fsp3) is 0.391. The lowest BCUT2D eigenvalue weighted by Crippen LogP contribution is -2.34. The van der Waals surface area contributed by atoms with Crippen molar-refractivity contribution in [3.8, 4) is 5.69 Å². The molecule has 2 heterocycles. The number of aromatic nitrogens is 3. The van der Waals surface area contributed by atoms with Crippen LogP contribution in [-0.2, 0) is 11.2 Å². The maximum absolute atomic E-state index is 13.5. The zero-order valence-corrected chi connectivity index (χ0v) is 18.6. The first-order chi connectivity index (χ1) is 14.7. The van der Waals surface area contributed by atoms with Crippen molar-refractivity contribution in [1.29, 1.82) is 0 Å². The summed E-state index contributed by atoms with van der Waals surface area (Å²) in [6.07, 6.45) is 5.59. The highest BCUT2D eigenvalue weighted by Crippen LogP contribution is 2.40. The lowest BCUT2D eigenvalue weighted by molar-refractivity contribution is 0.0528. The van der Waals surface area contributed by atoms with Crippen LogP contribution in [0.1, 0.15) is 50.9 Å². The third-order valence-corrected chi connectivity index (χ3v) is 5.30. The van der Waals surface area contributed by atoms with Crippen LogP contribution in [0.5, 0.6) is 0 Å². The molecule has 0 saturated heterocycles. The minimum Gasteiger partial charge on any atom is -0.444 e. The number of carbonyl (C=O) groups is 1. The molecule has 7 nitrogen and oxygen atoms in total. The fourth-order valence-electron chi connectivity index (χ4n) is 3.47. The molecule has 31 heavy (non-hydrogen) atoms. The van der Waals surface area contributed by atoms with Gasteiger partial charge >= 0.3 is 6.09 Å². The molecule has 1 amide bonds. The Hall–Kier alpha value is -2.93. The third-order valence-electron chi connectivity index (χ3n) is 4.98. The number of benzene rings is 1. The summed E-state index contributed by atoms with van der Waals surface area (Å²) < 4.78 is 6.83. The van der Waals surface area contributed by atoms with Crippen LogP contribution >= 0.6 is 11.6 Å². The Morgan fingerprint density at radius 2 is 2.06 bits per heavy atom. The molecule has 1 aliphatic carbocycles. The molecular weight excluding hydrogens is 416 g/mol. The summed E-state index contributed by atoms with van der Waals surface area (Å²) in [5, 5.41) is 3.45. The first-order valence-corrected chi connectivity index (χ1v) is 10.7. The van der Waals surface area contributed by atoms with Crippen LogP contribution in [0.3, 0.4) is 0 Å². The van der Waals surface area contributed by atoms with Gasteiger partial charge in [-0.25, -0.2) is 9.78 Å². The van der Waals surface area contributed by atoms with Crippen molar-refractivity contribution in [1.82, 2.24) is 19.9 Å². The highest BCUT2D eigenvalue weighted by atomic mass is 35.5. The lowest BCUT2D eigenvalue weighted by atomic mass is 10.1. The first-order valence-electron chi connectivity index (χ1n) is 10.4. The molecule has 0 spiro atoms. The van der Waals surface area contributed by atoms with Crippen LogP contribution < -0.4 is 10.9 Å². The quantitative estimate of drug-likeness (QED) is 0.636. The van der Waals surface area contributed by atoms with Crippen LogP contribution in [0.15, 0.2) is 41.5 Å². The number of alkyl carbamates (subject to hydrolysis) is 1. The second kappa shape index (κ2) is 8.30. The van der Waals surface area contributed by atoms with Crippen molar-refractivity contribution < 1.29 is 9.53 Å². The van der Waals surface area contributed by atoms with Crippen LogP contribution in [0.4, 0.5) is 4.79 Å². The average molecular weight is 441 g/mol. The minimum atomic E-state index is -0.584. The maximum atomic E-state index is 13.5. The van der Waals surface area contributed by atoms with Gasteiger partial charge in [-0.1, -0.05) is 17.7 Å². The van der Waals surface area contributed by atoms with E-state index in [-0.39, 0.29) is 12.1 Å². The van der Waals surface area contributed by atoms with Gasteiger partial charge < -0.3 is 10.1 Å². The summed E-state index contributed by atoms with van der Waals surface area (Å²) >= 11 is 6.33. The van der Waals surface area contributed by atoms with Crippen molar-refractivity contribution in [2.45, 2.75) is 51.6 Å². The van der Waals surface area contributed by atoms with Crippen LogP contribution in [0.2, 0.25) is 5.02 Å². The van der Waals surface area contributed by atoms with Crippen LogP contribution in [0, 0.1) is 0 Å². The number of fused-ring (bicyclic) bond motifs is 1. The number of hydrogen-bond donors (Lipinski definition) is 1. The minimum absolute atomic E-state index is 0.252. The Balaban J connectivity index is 1.71. The molecule has 1 aliphatic rings. The first kappa shape index (κ1) is 21.3. The normalized spacial score (nSPS) is 13.9. The van der Waals surface area contributed by atoms with Gasteiger partial charge in [0.1, 0.15) is 11.4 Å². The van der Waals surface area contributed by atoms with E-state index in [1.807, 2.05) is 12.3 Å². The SMILES string of the molecule is CC(C)(C)OC(=O)NCCc1nc2cccc(Cl)c2c(=O)n1-c1cncc(C2CC2)c1. The monoisotopic (exact) mass is 440 g/mol. The Morgan fingerprint density at radius 3 is 2.77 bits per heavy atom. The second-order valence-corrected chi connectivity index (χ2v) is 9.14. The Bertz CT molecular complexity index is 1200. The molecule has 1 saturated carbocycles. The molecule has 2 aromatic heterocycles. The maximum Gasteiger partial charge on any atom is 0.407 e. The number of nitrogens with zero attached hydrogens (tertiary/aromatic N) is 3. The van der Waals surface area contributed by atoms with E-state index in [0.717, 1.165) is 18.4 Å². The van der Waals surface area contributed by atoms with Gasteiger partial charge in [0.15, 0.2) is 0 Å². The Labute approximate surface area is 185 Å². The molecule has 1 N–H and O–H groups in total. The zero-order valence-electron chi connectivity index (χ0n) is 17.8. The van der Waals surface area contributed by atoms with Crippen molar-refractivity contribution in [3.05, 3.63) is 63.4 Å². The predicted molar refractivity (Wildman–Crippen MR) is 120 cm³/mol. The largest absolute Gasteiger partial charge is 0.444 e. The molecule has 162 valence electrons. The second-order valence-electron chi connectivity index (χ2n) is 8.73. The van der Waals surface area contributed by atoms with Crippen LogP contribution in [0.25, 0.3) is 16.6 Å². The number of carbonyl (C=O) groups excluding carboxylic acids is 1. The molecule has 8 heteroatoms. The third kappa shape index (κ3) is 4.88. The van der Waals surface area contributed by atoms with Gasteiger partial charge in [-0.15, -0.1) is 0 Å². The summed E-state index contributed by atoms with van der Waals surface area (Å²) in [5.41, 5.74) is 1.45. The number of pyridine rings is 1. The summed E-state index contributed by atoms with van der Waals surface area (Å²) in [6.45, 7) is 5.68. The molecule has 4 rings (SSSR count). The van der Waals surface area contributed by atoms with E-state index in [9.17, 15) is 9.59 Å². The van der Waals surface area contributed by atoms with Crippen LogP contribution in [-0.4, -0.2) is 32.8 Å². The molecule has 0 atom stereocenters. The standard InChI is InChI=1S/C23H25ClN4O3/c1-23(2,3)31-22(30)26-10-9-19-27-18-6-4-5-17(24)20(18)21(29)28(19)16-11-15(12-25-13-16)14-7-8-14/h4-6,11-14H,7-10H2,1-3H3,(H,26,30). The van der Waals surface area contributed by atoms with E-state index in [1.165, 1.54) is 0 Å². The molecule has 1 fully saturated rings. The number of amides is 1. The van der Waals surface area contributed by atoms with Gasteiger partial charge in [0, 0.05) is 19.2 Å². The number of hydrogen-bond acceptors (Lipinski definition) is 5. The molecule has 0 radical (unpaired) electrons. The van der Waals surface area contributed by atoms with Crippen molar-refractivity contribution in [3.63, 3.8) is 0 Å². The van der Waals surface area contributed by atoms with Gasteiger partial charge in [-0.2, -0.15) is 0 Å². The van der Waals surface area contributed by atoms with Gasteiger partial charge in [0.25, 0.3) is 5.56 Å². The van der Waals surface area contributed by atoms with E-state index in [1.54, 1.807) is 49.7 Å². The van der Waals surface area contributed by atoms with Gasteiger partial charge in [0.05, 0.1) is 27.8 Å². The lowest BCUT2D eigenvalue weighted by Gasteiger charge is -2.20. The van der Waals surface area contributed by atoms with Gasteiger partial charge in [-0.3, -0.25) is 14.3 Å². The zero-order chi connectivity index (χ0) is 22.2. The van der Waals surface area contributed by atoms with Gasteiger partial charge in [0.2, 0.25) is 0 Å². The molecule has 0 bridgehead atoms. The van der Waals surface area contributed by atoms with Crippen molar-refractivity contribution in [2.24, 2.45) is 0 Å². The molecule has 0 unspecified atom stereocenters. The highest BCUT2D eigenvalue weighted by molar-refractivity contribution is 6.35. The average Bonchev–Trinajstić information content (AvgIpc) is 3.52. The summed E-state index contributed by atoms with van der Waals surface area (Å²) in [5.74, 6) is 1.02. The Kier molecular flexibility index (Phi) is 5.71. The summed E-state index contributed by atoms with van der Waals surface area (Å²) in [4.78, 5) is 34.5.